The Morgan fingerprint density at radius 1 is 1.09 bits per heavy atom. The number of hydrogen-bond donors (Lipinski definition) is 0. The first-order valence-corrected chi connectivity index (χ1v) is 11.9. The van der Waals surface area contributed by atoms with Gasteiger partial charge in [0.25, 0.3) is 0 Å². The smallest absolute Gasteiger partial charge is 0.331 e. The van der Waals surface area contributed by atoms with Gasteiger partial charge in [-0.05, 0) is 55.2 Å². The second-order valence-corrected chi connectivity index (χ2v) is 9.46. The third kappa shape index (κ3) is 4.09. The van der Waals surface area contributed by atoms with Gasteiger partial charge in [-0.15, -0.1) is 0 Å². The molecule has 35 heavy (non-hydrogen) atoms. The number of fused-ring (bicyclic) bond motifs is 5. The zero-order valence-corrected chi connectivity index (χ0v) is 20.4. The molecule has 0 spiro atoms. The number of aromatic nitrogens is 1. The average Bonchev–Trinajstić information content (AvgIpc) is 3.39. The summed E-state index contributed by atoms with van der Waals surface area (Å²) in [5, 5.41) is 5.91. The highest BCUT2D eigenvalue weighted by Crippen LogP contribution is 2.41. The molecule has 0 saturated heterocycles. The summed E-state index contributed by atoms with van der Waals surface area (Å²) in [5.41, 5.74) is 5.78. The van der Waals surface area contributed by atoms with Crippen LogP contribution in [0.5, 0.6) is 5.75 Å². The van der Waals surface area contributed by atoms with Gasteiger partial charge in [0.1, 0.15) is 18.1 Å². The van der Waals surface area contributed by atoms with E-state index < -0.39 is 5.97 Å². The third-order valence-corrected chi connectivity index (χ3v) is 6.51. The molecule has 0 aliphatic carbocycles. The first kappa shape index (κ1) is 22.8. The Balaban J connectivity index is 1.72. The minimum atomic E-state index is -0.475. The topological polar surface area (TPSA) is 69.9 Å². The van der Waals surface area contributed by atoms with Gasteiger partial charge in [-0.1, -0.05) is 43.3 Å². The molecule has 0 fully saturated rings. The van der Waals surface area contributed by atoms with Gasteiger partial charge in [0, 0.05) is 41.1 Å². The van der Waals surface area contributed by atoms with E-state index in [1.807, 2.05) is 55.5 Å². The van der Waals surface area contributed by atoms with Crippen LogP contribution in [0, 0.1) is 12.8 Å². The number of rotatable bonds is 6. The number of aryl methyl sites for hydroxylation is 2. The van der Waals surface area contributed by atoms with Crippen molar-refractivity contribution in [3.8, 4) is 5.75 Å². The summed E-state index contributed by atoms with van der Waals surface area (Å²) >= 11 is 0. The second-order valence-electron chi connectivity index (χ2n) is 9.46. The van der Waals surface area contributed by atoms with Gasteiger partial charge in [-0.25, -0.2) is 4.79 Å². The van der Waals surface area contributed by atoms with E-state index in [0.717, 1.165) is 45.9 Å². The Hall–Kier alpha value is -3.93. The Kier molecular flexibility index (Phi) is 5.89. The fraction of sp³-hybridized carbons (Fsp3) is 0.276. The van der Waals surface area contributed by atoms with E-state index in [9.17, 15) is 9.59 Å². The molecule has 0 radical (unpaired) electrons. The lowest BCUT2D eigenvalue weighted by Crippen LogP contribution is -2.05. The molecule has 1 aliphatic heterocycles. The summed E-state index contributed by atoms with van der Waals surface area (Å²) < 4.78 is 8.39. The number of carbonyl (C=O) groups is 2. The number of hydrogen-bond acceptors (Lipinski definition) is 5. The lowest BCUT2D eigenvalue weighted by molar-refractivity contribution is -0.140. The maximum Gasteiger partial charge on any atom is 0.331 e. The summed E-state index contributed by atoms with van der Waals surface area (Å²) in [6, 6.07) is 17.6. The van der Waals surface area contributed by atoms with Gasteiger partial charge >= 0.3 is 5.97 Å². The van der Waals surface area contributed by atoms with E-state index in [0.29, 0.717) is 28.5 Å². The Morgan fingerprint density at radius 2 is 1.86 bits per heavy atom. The molecule has 0 atom stereocenters. The van der Waals surface area contributed by atoms with Gasteiger partial charge in [0.15, 0.2) is 5.78 Å². The number of nitrogens with zero attached hydrogens (tertiary/aromatic N) is 2. The molecule has 0 bridgehead atoms. The Labute approximate surface area is 204 Å². The number of benzene rings is 3. The number of ketones is 1. The first-order valence-electron chi connectivity index (χ1n) is 11.9. The predicted octanol–water partition coefficient (Wildman–Crippen LogP) is 6.04. The van der Waals surface area contributed by atoms with Gasteiger partial charge in [0.05, 0.1) is 10.9 Å². The van der Waals surface area contributed by atoms with Crippen LogP contribution in [0.2, 0.25) is 0 Å². The van der Waals surface area contributed by atoms with Crippen molar-refractivity contribution in [1.82, 2.24) is 4.57 Å². The highest BCUT2D eigenvalue weighted by Gasteiger charge is 2.27. The van der Waals surface area contributed by atoms with Crippen LogP contribution in [0.1, 0.15) is 54.2 Å². The number of ether oxygens (including phenoxy) is 1. The molecule has 0 amide bonds. The third-order valence-electron chi connectivity index (χ3n) is 6.51. The van der Waals surface area contributed by atoms with Crippen molar-refractivity contribution in [2.75, 3.05) is 6.61 Å². The van der Waals surface area contributed by atoms with Crippen molar-refractivity contribution in [1.29, 1.82) is 0 Å². The predicted molar refractivity (Wildman–Crippen MR) is 137 cm³/mol. The van der Waals surface area contributed by atoms with Crippen molar-refractivity contribution in [3.05, 3.63) is 76.9 Å². The molecule has 2 heterocycles. The van der Waals surface area contributed by atoms with Crippen molar-refractivity contribution in [3.63, 3.8) is 0 Å². The number of carbonyl (C=O) groups excluding carboxylic acids is 2. The standard InChI is InChI=1S/C29H28N2O4/c1-17(2)13-14-31-25-11-9-20(28(33)21-8-6-5-7-18(21)3)15-23(25)27-26(31)12-10-22-24(16-34-29(22)27)30-35-19(4)32/h5-12,15,17H,13-14,16H2,1-4H3/b30-24-. The van der Waals surface area contributed by atoms with E-state index in [4.69, 9.17) is 9.57 Å². The SMILES string of the molecule is CC(=O)O/N=C1/COc2c1ccc1c2c2cc(C(=O)c3ccccc3C)ccc2n1CCC(C)C. The Bertz CT molecular complexity index is 1510. The molecule has 3 aromatic carbocycles. The van der Waals surface area contributed by atoms with Crippen molar-refractivity contribution in [2.24, 2.45) is 11.1 Å². The van der Waals surface area contributed by atoms with Crippen LogP contribution in [0.25, 0.3) is 21.8 Å². The summed E-state index contributed by atoms with van der Waals surface area (Å²) in [4.78, 5) is 29.5. The molecule has 1 aromatic heterocycles. The van der Waals surface area contributed by atoms with Crippen LogP contribution >= 0.6 is 0 Å². The van der Waals surface area contributed by atoms with E-state index in [1.165, 1.54) is 6.92 Å². The minimum Gasteiger partial charge on any atom is -0.486 e. The maximum atomic E-state index is 13.4. The monoisotopic (exact) mass is 468 g/mol. The summed E-state index contributed by atoms with van der Waals surface area (Å²) in [7, 11) is 0. The fourth-order valence-corrected chi connectivity index (χ4v) is 4.70. The van der Waals surface area contributed by atoms with E-state index in [2.05, 4.69) is 29.6 Å². The molecule has 1 aliphatic rings. The van der Waals surface area contributed by atoms with Crippen molar-refractivity contribution in [2.45, 2.75) is 40.7 Å². The molecule has 0 N–H and O–H groups in total. The molecular weight excluding hydrogens is 440 g/mol. The highest BCUT2D eigenvalue weighted by atomic mass is 16.7. The van der Waals surface area contributed by atoms with Gasteiger partial charge in [0.2, 0.25) is 0 Å². The lowest BCUT2D eigenvalue weighted by Gasteiger charge is -2.10. The summed E-state index contributed by atoms with van der Waals surface area (Å²) in [6.45, 7) is 8.78. The molecule has 0 unspecified atom stereocenters. The zero-order valence-electron chi connectivity index (χ0n) is 20.4. The molecule has 6 heteroatoms. The zero-order chi connectivity index (χ0) is 24.7. The molecule has 178 valence electrons. The molecule has 6 nitrogen and oxygen atoms in total. The van der Waals surface area contributed by atoms with Crippen LogP contribution in [-0.4, -0.2) is 28.6 Å². The normalized spacial score (nSPS) is 14.0. The molecular formula is C29H28N2O4. The molecule has 5 rings (SSSR count). The van der Waals surface area contributed by atoms with Gasteiger partial charge < -0.3 is 14.1 Å². The van der Waals surface area contributed by atoms with E-state index >= 15 is 0 Å². The second kappa shape index (κ2) is 9.02. The van der Waals surface area contributed by atoms with Crippen LogP contribution in [-0.2, 0) is 16.2 Å². The van der Waals surface area contributed by atoms with E-state index in [1.54, 1.807) is 0 Å². The Morgan fingerprint density at radius 3 is 2.60 bits per heavy atom. The first-order chi connectivity index (χ1) is 16.8. The van der Waals surface area contributed by atoms with Crippen LogP contribution in [0.4, 0.5) is 0 Å². The molecule has 0 saturated carbocycles. The van der Waals surface area contributed by atoms with Crippen molar-refractivity contribution >= 4 is 39.3 Å². The average molecular weight is 469 g/mol. The van der Waals surface area contributed by atoms with Gasteiger partial charge in [-0.2, -0.15) is 0 Å². The number of oxime groups is 1. The highest BCUT2D eigenvalue weighted by molar-refractivity contribution is 6.20. The van der Waals surface area contributed by atoms with Crippen molar-refractivity contribution < 1.29 is 19.2 Å². The quantitative estimate of drug-likeness (QED) is 0.197. The summed E-state index contributed by atoms with van der Waals surface area (Å²) in [5.74, 6) is 0.787. The lowest BCUT2D eigenvalue weighted by atomic mass is 9.97. The van der Waals surface area contributed by atoms with Crippen LogP contribution < -0.4 is 4.74 Å². The van der Waals surface area contributed by atoms with Crippen LogP contribution in [0.3, 0.4) is 0 Å². The van der Waals surface area contributed by atoms with Crippen LogP contribution in [0.15, 0.2) is 59.8 Å². The molecule has 4 aromatic rings. The van der Waals surface area contributed by atoms with Gasteiger partial charge in [-0.3, -0.25) is 4.79 Å². The largest absolute Gasteiger partial charge is 0.486 e. The van der Waals surface area contributed by atoms with E-state index in [-0.39, 0.29) is 12.4 Å². The summed E-state index contributed by atoms with van der Waals surface area (Å²) in [6.07, 6.45) is 1.03. The fourth-order valence-electron chi connectivity index (χ4n) is 4.70. The maximum absolute atomic E-state index is 13.4. The minimum absolute atomic E-state index is 0.00122.